The van der Waals surface area contributed by atoms with Gasteiger partial charge in [0.15, 0.2) is 0 Å². The number of halogens is 1. The van der Waals surface area contributed by atoms with Gasteiger partial charge in [-0.3, -0.25) is 13.9 Å². The van der Waals surface area contributed by atoms with E-state index in [4.69, 9.17) is 4.74 Å². The van der Waals surface area contributed by atoms with E-state index in [1.807, 2.05) is 26.0 Å². The third-order valence-corrected chi connectivity index (χ3v) is 8.69. The fourth-order valence-corrected chi connectivity index (χ4v) is 6.09. The van der Waals surface area contributed by atoms with Crippen molar-refractivity contribution >= 4 is 43.5 Å². The van der Waals surface area contributed by atoms with Crippen LogP contribution in [0.3, 0.4) is 0 Å². The first kappa shape index (κ1) is 31.2. The van der Waals surface area contributed by atoms with E-state index in [-0.39, 0.29) is 17.3 Å². The van der Waals surface area contributed by atoms with Gasteiger partial charge < -0.3 is 15.0 Å². The topological polar surface area (TPSA) is 96.0 Å². The van der Waals surface area contributed by atoms with Gasteiger partial charge in [0.25, 0.3) is 10.0 Å². The molecule has 0 saturated carbocycles. The van der Waals surface area contributed by atoms with Crippen molar-refractivity contribution in [3.63, 3.8) is 0 Å². The van der Waals surface area contributed by atoms with E-state index < -0.39 is 28.5 Å². The van der Waals surface area contributed by atoms with Crippen LogP contribution in [0.15, 0.2) is 88.2 Å². The van der Waals surface area contributed by atoms with Crippen molar-refractivity contribution < 1.29 is 22.7 Å². The zero-order chi connectivity index (χ0) is 29.1. The lowest BCUT2D eigenvalue weighted by atomic mass is 10.1. The van der Waals surface area contributed by atoms with Gasteiger partial charge in [0.2, 0.25) is 11.8 Å². The number of carbonyl (C=O) groups excluding carboxylic acids is 2. The van der Waals surface area contributed by atoms with Crippen LogP contribution in [0.2, 0.25) is 0 Å². The van der Waals surface area contributed by atoms with E-state index in [1.165, 1.54) is 17.0 Å². The minimum Gasteiger partial charge on any atom is -0.497 e. The molecule has 0 saturated heterocycles. The summed E-state index contributed by atoms with van der Waals surface area (Å²) in [6.45, 7) is 3.98. The molecule has 3 aromatic rings. The van der Waals surface area contributed by atoms with Gasteiger partial charge in [0.05, 0.1) is 17.7 Å². The zero-order valence-corrected chi connectivity index (χ0v) is 25.4. The van der Waals surface area contributed by atoms with Crippen LogP contribution in [0.5, 0.6) is 5.75 Å². The Morgan fingerprint density at radius 2 is 1.70 bits per heavy atom. The first-order chi connectivity index (χ1) is 19.2. The predicted molar refractivity (Wildman–Crippen MR) is 161 cm³/mol. The third-order valence-electron chi connectivity index (χ3n) is 6.41. The van der Waals surface area contributed by atoms with Crippen molar-refractivity contribution in [3.05, 3.63) is 88.9 Å². The van der Waals surface area contributed by atoms with Crippen molar-refractivity contribution in [3.8, 4) is 5.75 Å². The number of carbonyl (C=O) groups is 2. The van der Waals surface area contributed by atoms with Crippen molar-refractivity contribution in [2.24, 2.45) is 0 Å². The number of anilines is 1. The second-order valence-electron chi connectivity index (χ2n) is 9.25. The number of hydrogen-bond acceptors (Lipinski definition) is 5. The summed E-state index contributed by atoms with van der Waals surface area (Å²) in [5.41, 5.74) is 1.08. The van der Waals surface area contributed by atoms with Gasteiger partial charge in [-0.15, -0.1) is 0 Å². The molecule has 0 aliphatic carbocycles. The van der Waals surface area contributed by atoms with Crippen molar-refractivity contribution in [2.45, 2.75) is 50.6 Å². The van der Waals surface area contributed by atoms with Crippen LogP contribution in [0.1, 0.15) is 38.7 Å². The Morgan fingerprint density at radius 1 is 0.975 bits per heavy atom. The second-order valence-corrected chi connectivity index (χ2v) is 12.0. The molecule has 0 aliphatic heterocycles. The largest absolute Gasteiger partial charge is 0.497 e. The van der Waals surface area contributed by atoms with Gasteiger partial charge in [-0.1, -0.05) is 72.6 Å². The molecule has 1 N–H and O–H groups in total. The van der Waals surface area contributed by atoms with Crippen LogP contribution in [0.4, 0.5) is 5.69 Å². The smallest absolute Gasteiger partial charge is 0.264 e. The number of unbranched alkanes of at least 4 members (excludes halogenated alkanes) is 1. The maximum Gasteiger partial charge on any atom is 0.264 e. The summed E-state index contributed by atoms with van der Waals surface area (Å²) in [4.78, 5) is 28.9. The molecule has 10 heteroatoms. The maximum absolute atomic E-state index is 14.1. The number of methoxy groups -OCH3 is 1. The van der Waals surface area contributed by atoms with E-state index in [1.54, 1.807) is 61.7 Å². The molecule has 0 fully saturated rings. The lowest BCUT2D eigenvalue weighted by Gasteiger charge is -2.33. The van der Waals surface area contributed by atoms with E-state index in [9.17, 15) is 18.0 Å². The Kier molecular flexibility index (Phi) is 11.6. The summed E-state index contributed by atoms with van der Waals surface area (Å²) in [5, 5.41) is 2.93. The first-order valence-electron chi connectivity index (χ1n) is 13.2. The Hall–Kier alpha value is -3.37. The third kappa shape index (κ3) is 8.08. The maximum atomic E-state index is 14.1. The lowest BCUT2D eigenvalue weighted by Crippen LogP contribution is -2.52. The molecule has 3 rings (SSSR count). The molecular formula is C30H36BrN3O5S. The van der Waals surface area contributed by atoms with Gasteiger partial charge in [0.1, 0.15) is 18.3 Å². The molecule has 0 aliphatic rings. The highest BCUT2D eigenvalue weighted by Crippen LogP contribution is 2.27. The average Bonchev–Trinajstić information content (AvgIpc) is 2.96. The summed E-state index contributed by atoms with van der Waals surface area (Å²) in [6, 6.07) is 21.2. The summed E-state index contributed by atoms with van der Waals surface area (Å²) < 4.78 is 34.8. The summed E-state index contributed by atoms with van der Waals surface area (Å²) >= 11 is 3.41. The van der Waals surface area contributed by atoms with Crippen LogP contribution in [0.25, 0.3) is 0 Å². The van der Waals surface area contributed by atoms with E-state index in [0.717, 1.165) is 22.7 Å². The van der Waals surface area contributed by atoms with E-state index in [2.05, 4.69) is 21.2 Å². The zero-order valence-electron chi connectivity index (χ0n) is 23.0. The van der Waals surface area contributed by atoms with E-state index in [0.29, 0.717) is 28.9 Å². The normalized spacial score (nSPS) is 11.9. The molecular weight excluding hydrogens is 594 g/mol. The van der Waals surface area contributed by atoms with Crippen LogP contribution in [0, 0.1) is 0 Å². The fraction of sp³-hybridized carbons (Fsp3) is 0.333. The summed E-state index contributed by atoms with van der Waals surface area (Å²) in [7, 11) is -2.55. The number of amides is 2. The summed E-state index contributed by atoms with van der Waals surface area (Å²) in [6.07, 6.45) is 2.09. The van der Waals surface area contributed by atoms with Crippen LogP contribution in [-0.2, 0) is 26.2 Å². The second kappa shape index (κ2) is 14.9. The minimum absolute atomic E-state index is 0.0615. The number of sulfonamides is 1. The highest BCUT2D eigenvalue weighted by molar-refractivity contribution is 9.10. The lowest BCUT2D eigenvalue weighted by molar-refractivity contribution is -0.140. The minimum atomic E-state index is -4.11. The predicted octanol–water partition coefficient (Wildman–Crippen LogP) is 5.38. The molecule has 40 heavy (non-hydrogen) atoms. The molecule has 0 aromatic heterocycles. The standard InChI is InChI=1S/C30H36BrN3O5S/c1-4-6-18-32-30(36)28(5-2)33(21-23-12-10-15-26(19-23)39-3)29(35)22-34(25-14-11-13-24(31)20-25)40(37,38)27-16-8-7-9-17-27/h7-17,19-20,28H,4-6,18,21-22H2,1-3H3,(H,32,36). The first-order valence-corrected chi connectivity index (χ1v) is 15.5. The Balaban J connectivity index is 2.03. The number of benzene rings is 3. The monoisotopic (exact) mass is 629 g/mol. The number of nitrogens with one attached hydrogen (secondary N) is 1. The van der Waals surface area contributed by atoms with Gasteiger partial charge in [-0.05, 0) is 60.9 Å². The van der Waals surface area contributed by atoms with Crippen molar-refractivity contribution in [1.82, 2.24) is 10.2 Å². The van der Waals surface area contributed by atoms with Crippen LogP contribution < -0.4 is 14.4 Å². The van der Waals surface area contributed by atoms with Gasteiger partial charge in [-0.2, -0.15) is 0 Å². The van der Waals surface area contributed by atoms with Gasteiger partial charge in [-0.25, -0.2) is 8.42 Å². The molecule has 1 unspecified atom stereocenters. The number of ether oxygens (including phenoxy) is 1. The van der Waals surface area contributed by atoms with Gasteiger partial charge in [0, 0.05) is 17.6 Å². The molecule has 1 atom stereocenters. The van der Waals surface area contributed by atoms with E-state index >= 15 is 0 Å². The van der Waals surface area contributed by atoms with Gasteiger partial charge >= 0.3 is 0 Å². The Bertz CT molecular complexity index is 1380. The molecule has 0 radical (unpaired) electrons. The molecule has 0 heterocycles. The van der Waals surface area contributed by atoms with Crippen molar-refractivity contribution in [2.75, 3.05) is 24.5 Å². The molecule has 214 valence electrons. The molecule has 3 aromatic carbocycles. The number of hydrogen-bond donors (Lipinski definition) is 1. The highest BCUT2D eigenvalue weighted by atomic mass is 79.9. The van der Waals surface area contributed by atoms with Crippen LogP contribution >= 0.6 is 15.9 Å². The molecule has 8 nitrogen and oxygen atoms in total. The molecule has 0 bridgehead atoms. The molecule has 0 spiro atoms. The fourth-order valence-electron chi connectivity index (χ4n) is 4.27. The summed E-state index contributed by atoms with van der Waals surface area (Å²) in [5.74, 6) is -0.153. The highest BCUT2D eigenvalue weighted by Gasteiger charge is 2.33. The number of rotatable bonds is 14. The number of nitrogens with zero attached hydrogens (tertiary/aromatic N) is 2. The average molecular weight is 631 g/mol. The van der Waals surface area contributed by atoms with Crippen molar-refractivity contribution in [1.29, 1.82) is 0 Å². The molecule has 2 amide bonds. The van der Waals surface area contributed by atoms with Crippen LogP contribution in [-0.4, -0.2) is 51.4 Å². The quantitative estimate of drug-likeness (QED) is 0.242. The Labute approximate surface area is 245 Å². The Morgan fingerprint density at radius 3 is 2.35 bits per heavy atom. The SMILES string of the molecule is CCCCNC(=O)C(CC)N(Cc1cccc(OC)c1)C(=O)CN(c1cccc(Br)c1)S(=O)(=O)c1ccccc1.